The molecule has 0 radical (unpaired) electrons. The highest BCUT2D eigenvalue weighted by Crippen LogP contribution is 2.33. The van der Waals surface area contributed by atoms with Crippen LogP contribution in [0, 0.1) is 0 Å². The molecular weight excluding hydrogens is 500 g/mol. The van der Waals surface area contributed by atoms with E-state index in [0.717, 1.165) is 29.0 Å². The van der Waals surface area contributed by atoms with E-state index in [-0.39, 0.29) is 30.8 Å². The summed E-state index contributed by atoms with van der Waals surface area (Å²) >= 11 is 0. The third kappa shape index (κ3) is 11.3. The summed E-state index contributed by atoms with van der Waals surface area (Å²) in [6.07, 6.45) is 1.77. The number of hydrogen-bond acceptors (Lipinski definition) is 8. The maximum absolute atomic E-state index is 11.3. The highest BCUT2D eigenvalue weighted by atomic mass is 16.6. The second kappa shape index (κ2) is 16.4. The molecule has 0 heterocycles. The van der Waals surface area contributed by atoms with E-state index in [4.69, 9.17) is 28.4 Å². The fourth-order valence-corrected chi connectivity index (χ4v) is 3.53. The number of carbonyl (C=O) groups is 2. The molecule has 0 saturated heterocycles. The minimum absolute atomic E-state index is 0.110. The number of ether oxygens (including phenoxy) is 6. The number of carbonyl (C=O) groups excluding carboxylic acids is 2. The summed E-state index contributed by atoms with van der Waals surface area (Å²) in [5.74, 6) is 0.540. The van der Waals surface area contributed by atoms with Crippen molar-refractivity contribution in [3.8, 4) is 11.5 Å². The van der Waals surface area contributed by atoms with Crippen molar-refractivity contribution >= 4 is 11.9 Å². The third-order valence-corrected chi connectivity index (χ3v) is 5.87. The molecule has 2 atom stereocenters. The zero-order valence-corrected chi connectivity index (χ0v) is 23.4. The van der Waals surface area contributed by atoms with Crippen molar-refractivity contribution in [2.24, 2.45) is 0 Å². The Morgan fingerprint density at radius 3 is 1.74 bits per heavy atom. The van der Waals surface area contributed by atoms with Crippen molar-refractivity contribution in [3.63, 3.8) is 0 Å². The molecular formula is C31H40O8. The van der Waals surface area contributed by atoms with Crippen molar-refractivity contribution in [2.45, 2.75) is 45.3 Å². The fraction of sp³-hybridized carbons (Fsp3) is 0.419. The molecule has 0 N–H and O–H groups in total. The molecule has 39 heavy (non-hydrogen) atoms. The third-order valence-electron chi connectivity index (χ3n) is 5.87. The van der Waals surface area contributed by atoms with Gasteiger partial charge in [-0.3, -0.25) is 0 Å². The molecule has 0 aliphatic heterocycles. The van der Waals surface area contributed by atoms with E-state index >= 15 is 0 Å². The molecule has 0 amide bonds. The maximum Gasteiger partial charge on any atom is 0.330 e. The van der Waals surface area contributed by atoms with Crippen LogP contribution in [0.1, 0.15) is 38.8 Å². The number of hydrogen-bond donors (Lipinski definition) is 0. The standard InChI is InChI=1S/C31H40O8/c1-7-29(32)36-20-18-34-17-19-35-23(3)21-37-27-13-9-25(10-14-27)31(5,6)26-11-15-28(16-12-26)38-22-24(4)39-30(33)8-2/h7-16,23-24H,1-2,17-22H2,3-6H3. The van der Waals surface area contributed by atoms with Crippen molar-refractivity contribution in [1.29, 1.82) is 0 Å². The zero-order chi connectivity index (χ0) is 28.7. The lowest BCUT2D eigenvalue weighted by molar-refractivity contribution is -0.143. The Labute approximate surface area is 231 Å². The van der Waals surface area contributed by atoms with E-state index in [2.05, 4.69) is 39.1 Å². The molecule has 212 valence electrons. The summed E-state index contributed by atoms with van der Waals surface area (Å²) in [5, 5.41) is 0. The minimum Gasteiger partial charge on any atom is -0.491 e. The van der Waals surface area contributed by atoms with E-state index in [1.54, 1.807) is 6.92 Å². The van der Waals surface area contributed by atoms with Crippen LogP contribution in [-0.4, -0.2) is 63.8 Å². The summed E-state index contributed by atoms with van der Waals surface area (Å²) in [6, 6.07) is 16.0. The second-order valence-electron chi connectivity index (χ2n) is 9.41. The van der Waals surface area contributed by atoms with Crippen molar-refractivity contribution in [3.05, 3.63) is 85.0 Å². The maximum atomic E-state index is 11.3. The molecule has 2 unspecified atom stereocenters. The number of esters is 2. The van der Waals surface area contributed by atoms with Crippen molar-refractivity contribution < 1.29 is 38.0 Å². The van der Waals surface area contributed by atoms with Gasteiger partial charge in [0.1, 0.15) is 37.4 Å². The van der Waals surface area contributed by atoms with Crippen LogP contribution >= 0.6 is 0 Å². The van der Waals surface area contributed by atoms with Gasteiger partial charge < -0.3 is 28.4 Å². The van der Waals surface area contributed by atoms with Gasteiger partial charge in [-0.2, -0.15) is 0 Å². The highest BCUT2D eigenvalue weighted by Gasteiger charge is 2.23. The first-order valence-corrected chi connectivity index (χ1v) is 12.9. The van der Waals surface area contributed by atoms with E-state index in [9.17, 15) is 9.59 Å². The quantitative estimate of drug-likeness (QED) is 0.148. The minimum atomic E-state index is -0.466. The fourth-order valence-electron chi connectivity index (χ4n) is 3.53. The Morgan fingerprint density at radius 2 is 1.23 bits per heavy atom. The van der Waals surface area contributed by atoms with Gasteiger partial charge in [0.05, 0.1) is 25.9 Å². The van der Waals surface area contributed by atoms with Gasteiger partial charge in [-0.1, -0.05) is 51.3 Å². The summed E-state index contributed by atoms with van der Waals surface area (Å²) in [7, 11) is 0. The predicted molar refractivity (Wildman–Crippen MR) is 149 cm³/mol. The smallest absolute Gasteiger partial charge is 0.330 e. The highest BCUT2D eigenvalue weighted by molar-refractivity contribution is 5.81. The summed E-state index contributed by atoms with van der Waals surface area (Å²) in [4.78, 5) is 22.2. The lowest BCUT2D eigenvalue weighted by atomic mass is 9.78. The van der Waals surface area contributed by atoms with Crippen LogP contribution in [0.25, 0.3) is 0 Å². The van der Waals surface area contributed by atoms with Crippen molar-refractivity contribution in [2.75, 3.05) is 39.6 Å². The van der Waals surface area contributed by atoms with Gasteiger partial charge in [-0.05, 0) is 49.2 Å². The molecule has 0 aliphatic carbocycles. The zero-order valence-electron chi connectivity index (χ0n) is 23.4. The van der Waals surface area contributed by atoms with E-state index in [1.165, 1.54) is 0 Å². The summed E-state index contributed by atoms with van der Waals surface area (Å²) < 4.78 is 32.6. The first-order chi connectivity index (χ1) is 18.6. The predicted octanol–water partition coefficient (Wildman–Crippen LogP) is 5.04. The molecule has 2 aromatic carbocycles. The lowest BCUT2D eigenvalue weighted by Crippen LogP contribution is -2.21. The van der Waals surface area contributed by atoms with E-state index < -0.39 is 11.9 Å². The van der Waals surface area contributed by atoms with Gasteiger partial charge in [-0.25, -0.2) is 9.59 Å². The number of benzene rings is 2. The SMILES string of the molecule is C=CC(=O)OCCOCCOC(C)COc1ccc(C(C)(C)c2ccc(OCC(C)OC(=O)C=C)cc2)cc1. The van der Waals surface area contributed by atoms with Crippen LogP contribution in [0.5, 0.6) is 11.5 Å². The molecule has 0 aliphatic rings. The van der Waals surface area contributed by atoms with Crippen LogP contribution < -0.4 is 9.47 Å². The molecule has 0 bridgehead atoms. The second-order valence-corrected chi connectivity index (χ2v) is 9.41. The van der Waals surface area contributed by atoms with Gasteiger partial charge in [0.15, 0.2) is 0 Å². The number of rotatable bonds is 18. The molecule has 2 aromatic rings. The van der Waals surface area contributed by atoms with Crippen molar-refractivity contribution in [1.82, 2.24) is 0 Å². The van der Waals surface area contributed by atoms with Crippen LogP contribution in [0.15, 0.2) is 73.8 Å². The average Bonchev–Trinajstić information content (AvgIpc) is 2.94. The molecule has 8 heteroatoms. The van der Waals surface area contributed by atoms with Crippen LogP contribution in [0.2, 0.25) is 0 Å². The Bertz CT molecular complexity index is 1040. The molecule has 8 nitrogen and oxygen atoms in total. The molecule has 2 rings (SSSR count). The topological polar surface area (TPSA) is 89.5 Å². The Kier molecular flexibility index (Phi) is 13.3. The largest absolute Gasteiger partial charge is 0.491 e. The Morgan fingerprint density at radius 1 is 0.744 bits per heavy atom. The molecule has 0 aromatic heterocycles. The van der Waals surface area contributed by atoms with Gasteiger partial charge in [0.25, 0.3) is 0 Å². The van der Waals surface area contributed by atoms with Gasteiger partial charge in [0.2, 0.25) is 0 Å². The average molecular weight is 541 g/mol. The van der Waals surface area contributed by atoms with E-state index in [0.29, 0.717) is 32.2 Å². The first kappa shape index (κ1) is 31.6. The van der Waals surface area contributed by atoms with Crippen LogP contribution in [0.3, 0.4) is 0 Å². The Hall–Kier alpha value is -3.62. The van der Waals surface area contributed by atoms with Gasteiger partial charge in [-0.15, -0.1) is 0 Å². The molecule has 0 spiro atoms. The van der Waals surface area contributed by atoms with E-state index in [1.807, 2.05) is 43.3 Å². The molecule has 0 fully saturated rings. The monoisotopic (exact) mass is 540 g/mol. The van der Waals surface area contributed by atoms with Crippen LogP contribution in [-0.2, 0) is 34.0 Å². The molecule has 0 saturated carbocycles. The van der Waals surface area contributed by atoms with Crippen LogP contribution in [0.4, 0.5) is 0 Å². The first-order valence-electron chi connectivity index (χ1n) is 12.9. The lowest BCUT2D eigenvalue weighted by Gasteiger charge is -2.26. The normalized spacial score (nSPS) is 12.6. The van der Waals surface area contributed by atoms with Gasteiger partial charge in [0, 0.05) is 17.6 Å². The summed E-state index contributed by atoms with van der Waals surface area (Å²) in [5.41, 5.74) is 2.05. The Balaban J connectivity index is 1.76. The van der Waals surface area contributed by atoms with Gasteiger partial charge >= 0.3 is 11.9 Å². The summed E-state index contributed by atoms with van der Waals surface area (Å²) in [6.45, 7) is 16.7.